The first kappa shape index (κ1) is 13.9. The Morgan fingerprint density at radius 2 is 1.95 bits per heavy atom. The highest BCUT2D eigenvalue weighted by Gasteiger charge is 2.24. The Hall–Kier alpha value is -2.08. The average Bonchev–Trinajstić information content (AvgIpc) is 2.78. The molecule has 21 heavy (non-hydrogen) atoms. The Balaban J connectivity index is 1.95. The maximum atomic E-state index is 12.5. The lowest BCUT2D eigenvalue weighted by Gasteiger charge is -2.17. The van der Waals surface area contributed by atoms with Gasteiger partial charge in [-0.05, 0) is 43.9 Å². The second-order valence-electron chi connectivity index (χ2n) is 5.11. The molecule has 1 aliphatic carbocycles. The minimum Gasteiger partial charge on any atom is -0.359 e. The topological polar surface area (TPSA) is 72.2 Å². The van der Waals surface area contributed by atoms with Crippen molar-refractivity contribution < 1.29 is 12.9 Å². The monoisotopic (exact) mass is 304 g/mol. The summed E-state index contributed by atoms with van der Waals surface area (Å²) in [5, 5.41) is 3.76. The van der Waals surface area contributed by atoms with E-state index >= 15 is 0 Å². The average molecular weight is 304 g/mol. The first-order valence-electron chi connectivity index (χ1n) is 6.71. The zero-order valence-electron chi connectivity index (χ0n) is 11.9. The van der Waals surface area contributed by atoms with Crippen LogP contribution < -0.4 is 4.72 Å². The molecule has 1 aromatic heterocycles. The molecule has 0 spiro atoms. The number of fused-ring (bicyclic) bond motifs is 1. The van der Waals surface area contributed by atoms with Crippen LogP contribution in [0.3, 0.4) is 0 Å². The largest absolute Gasteiger partial charge is 0.359 e. The van der Waals surface area contributed by atoms with Crippen LogP contribution in [0, 0.1) is 13.8 Å². The van der Waals surface area contributed by atoms with Crippen molar-refractivity contribution in [1.29, 1.82) is 0 Å². The summed E-state index contributed by atoms with van der Waals surface area (Å²) in [6, 6.07) is 7.83. The van der Waals surface area contributed by atoms with E-state index in [4.69, 9.17) is 4.52 Å². The summed E-state index contributed by atoms with van der Waals surface area (Å²) in [6.45, 7) is 3.39. The number of anilines is 1. The highest BCUT2D eigenvalue weighted by Crippen LogP contribution is 2.29. The summed E-state index contributed by atoms with van der Waals surface area (Å²) in [5.74, 6) is 0.466. The van der Waals surface area contributed by atoms with Gasteiger partial charge in [0.15, 0.2) is 5.76 Å². The van der Waals surface area contributed by atoms with Crippen LogP contribution in [0.15, 0.2) is 33.7 Å². The summed E-state index contributed by atoms with van der Waals surface area (Å²) < 4.78 is 32.6. The van der Waals surface area contributed by atoms with Crippen molar-refractivity contribution in [2.24, 2.45) is 0 Å². The third-order valence-electron chi connectivity index (χ3n) is 3.63. The van der Waals surface area contributed by atoms with E-state index in [-0.39, 0.29) is 0 Å². The summed E-state index contributed by atoms with van der Waals surface area (Å²) in [7, 11) is -3.58. The molecule has 5 nitrogen and oxygen atoms in total. The standard InChI is InChI=1S/C15H16N2O3S/c1-10-15(11(2)20-16-10)17-21(18,19)14-8-7-12-5-3-4-6-13(12)9-14/h3-6,9,17H,7-8H2,1-2H3. The van der Waals surface area contributed by atoms with Gasteiger partial charge in [0.05, 0.1) is 4.91 Å². The first-order valence-corrected chi connectivity index (χ1v) is 8.20. The molecule has 0 fully saturated rings. The number of sulfonamides is 1. The highest BCUT2D eigenvalue weighted by atomic mass is 32.2. The minimum absolute atomic E-state index is 0.390. The van der Waals surface area contributed by atoms with Crippen molar-refractivity contribution in [2.75, 3.05) is 4.72 Å². The third-order valence-corrected chi connectivity index (χ3v) is 5.11. The van der Waals surface area contributed by atoms with Gasteiger partial charge in [-0.2, -0.15) is 0 Å². The van der Waals surface area contributed by atoms with Crippen LogP contribution in [0.25, 0.3) is 6.08 Å². The summed E-state index contributed by atoms with van der Waals surface area (Å²) in [4.78, 5) is 0.390. The molecule has 0 amide bonds. The van der Waals surface area contributed by atoms with Crippen molar-refractivity contribution >= 4 is 21.8 Å². The van der Waals surface area contributed by atoms with Crippen LogP contribution in [0.4, 0.5) is 5.69 Å². The van der Waals surface area contributed by atoms with Gasteiger partial charge in [-0.1, -0.05) is 29.4 Å². The first-order chi connectivity index (χ1) is 9.97. The van der Waals surface area contributed by atoms with Crippen LogP contribution in [-0.4, -0.2) is 13.6 Å². The molecule has 6 heteroatoms. The van der Waals surface area contributed by atoms with Gasteiger partial charge < -0.3 is 4.52 Å². The van der Waals surface area contributed by atoms with E-state index in [0.717, 1.165) is 12.0 Å². The number of rotatable bonds is 3. The summed E-state index contributed by atoms with van der Waals surface area (Å²) in [5.41, 5.74) is 3.10. The molecule has 0 bridgehead atoms. The molecule has 0 radical (unpaired) electrons. The fraction of sp³-hybridized carbons (Fsp3) is 0.267. The predicted molar refractivity (Wildman–Crippen MR) is 81.3 cm³/mol. The zero-order chi connectivity index (χ0) is 15.0. The second-order valence-corrected chi connectivity index (χ2v) is 6.85. The van der Waals surface area contributed by atoms with E-state index in [2.05, 4.69) is 9.88 Å². The van der Waals surface area contributed by atoms with Gasteiger partial charge in [0.1, 0.15) is 11.4 Å². The van der Waals surface area contributed by atoms with Crippen molar-refractivity contribution in [2.45, 2.75) is 26.7 Å². The van der Waals surface area contributed by atoms with Gasteiger partial charge in [0.25, 0.3) is 10.0 Å². The van der Waals surface area contributed by atoms with Gasteiger partial charge >= 0.3 is 0 Å². The highest BCUT2D eigenvalue weighted by molar-refractivity contribution is 7.96. The van der Waals surface area contributed by atoms with Gasteiger partial charge in [-0.15, -0.1) is 0 Å². The maximum Gasteiger partial charge on any atom is 0.258 e. The van der Waals surface area contributed by atoms with Crippen LogP contribution in [0.5, 0.6) is 0 Å². The summed E-state index contributed by atoms with van der Waals surface area (Å²) >= 11 is 0. The minimum atomic E-state index is -3.58. The number of hydrogen-bond donors (Lipinski definition) is 1. The van der Waals surface area contributed by atoms with E-state index in [1.54, 1.807) is 19.9 Å². The molecule has 0 aliphatic heterocycles. The van der Waals surface area contributed by atoms with Gasteiger partial charge in [0, 0.05) is 0 Å². The number of allylic oxidation sites excluding steroid dienone is 1. The van der Waals surface area contributed by atoms with Crippen molar-refractivity contribution in [1.82, 2.24) is 5.16 Å². The number of nitrogens with zero attached hydrogens (tertiary/aromatic N) is 1. The lowest BCUT2D eigenvalue weighted by molar-refractivity contribution is 0.393. The molecule has 0 unspecified atom stereocenters. The molecule has 3 rings (SSSR count). The van der Waals surface area contributed by atoms with E-state index in [1.807, 2.05) is 24.3 Å². The Kier molecular flexibility index (Phi) is 3.33. The van der Waals surface area contributed by atoms with Gasteiger partial charge in [-0.25, -0.2) is 8.42 Å². The van der Waals surface area contributed by atoms with Gasteiger partial charge in [-0.3, -0.25) is 4.72 Å². The molecule has 0 saturated heterocycles. The molecule has 2 aromatic rings. The summed E-state index contributed by atoms with van der Waals surface area (Å²) in [6.07, 6.45) is 2.96. The fourth-order valence-corrected chi connectivity index (χ4v) is 3.79. The molecule has 1 heterocycles. The van der Waals surface area contributed by atoms with Gasteiger partial charge in [0.2, 0.25) is 0 Å². The molecular weight excluding hydrogens is 288 g/mol. The van der Waals surface area contributed by atoms with Crippen molar-refractivity contribution in [3.05, 3.63) is 51.8 Å². The molecule has 0 atom stereocenters. The number of aromatic nitrogens is 1. The molecule has 1 aromatic carbocycles. The maximum absolute atomic E-state index is 12.5. The molecule has 0 saturated carbocycles. The van der Waals surface area contributed by atoms with Crippen molar-refractivity contribution in [3.63, 3.8) is 0 Å². The van der Waals surface area contributed by atoms with E-state index in [0.29, 0.717) is 28.5 Å². The number of benzene rings is 1. The Labute approximate surface area is 123 Å². The quantitative estimate of drug-likeness (QED) is 0.946. The molecule has 110 valence electrons. The fourth-order valence-electron chi connectivity index (χ4n) is 2.45. The smallest absolute Gasteiger partial charge is 0.258 e. The van der Waals surface area contributed by atoms with Crippen LogP contribution in [-0.2, 0) is 16.4 Å². The number of nitrogens with one attached hydrogen (secondary N) is 1. The lowest BCUT2D eigenvalue weighted by atomic mass is 9.98. The SMILES string of the molecule is Cc1noc(C)c1NS(=O)(=O)C1=Cc2ccccc2CC1. The zero-order valence-corrected chi connectivity index (χ0v) is 12.7. The molecule has 1 aliphatic rings. The Morgan fingerprint density at radius 1 is 1.19 bits per heavy atom. The number of aryl methyl sites for hydroxylation is 3. The van der Waals surface area contributed by atoms with E-state index in [1.165, 1.54) is 5.56 Å². The third kappa shape index (κ3) is 2.58. The predicted octanol–water partition coefficient (Wildman–Crippen LogP) is 3.02. The molecular formula is C15H16N2O3S. The normalized spacial score (nSPS) is 14.5. The second kappa shape index (κ2) is 5.04. The van der Waals surface area contributed by atoms with Crippen LogP contribution >= 0.6 is 0 Å². The van der Waals surface area contributed by atoms with E-state index in [9.17, 15) is 8.42 Å². The lowest BCUT2D eigenvalue weighted by Crippen LogP contribution is -2.18. The van der Waals surface area contributed by atoms with Crippen LogP contribution in [0.1, 0.15) is 29.0 Å². The Bertz CT molecular complexity index is 800. The van der Waals surface area contributed by atoms with E-state index < -0.39 is 10.0 Å². The van der Waals surface area contributed by atoms with Crippen molar-refractivity contribution in [3.8, 4) is 0 Å². The molecule has 1 N–H and O–H groups in total. The van der Waals surface area contributed by atoms with Crippen LogP contribution in [0.2, 0.25) is 0 Å². The number of hydrogen-bond acceptors (Lipinski definition) is 4. The Morgan fingerprint density at radius 3 is 2.67 bits per heavy atom.